The Hall–Kier alpha value is -5.22. The summed E-state index contributed by atoms with van der Waals surface area (Å²) in [5.41, 5.74) is 3.67. The van der Waals surface area contributed by atoms with Crippen molar-refractivity contribution in [2.75, 3.05) is 31.5 Å². The van der Waals surface area contributed by atoms with Gasteiger partial charge in [-0.2, -0.15) is 5.10 Å². The number of primary amides is 1. The first-order valence-corrected chi connectivity index (χ1v) is 13.9. The van der Waals surface area contributed by atoms with Crippen LogP contribution < -0.4 is 27.0 Å². The Morgan fingerprint density at radius 1 is 1.20 bits per heavy atom. The van der Waals surface area contributed by atoms with E-state index >= 15 is 0 Å². The zero-order valence-corrected chi connectivity index (χ0v) is 24.5. The number of aromatic nitrogens is 6. The van der Waals surface area contributed by atoms with Crippen LogP contribution in [-0.4, -0.2) is 80.4 Å². The van der Waals surface area contributed by atoms with Crippen LogP contribution in [0.4, 0.5) is 31.4 Å². The van der Waals surface area contributed by atoms with Gasteiger partial charge < -0.3 is 25.8 Å². The van der Waals surface area contributed by atoms with Gasteiger partial charge in [0.2, 0.25) is 5.91 Å². The molecule has 2 atom stereocenters. The number of imidazole rings is 1. The molecule has 45 heavy (non-hydrogen) atoms. The summed E-state index contributed by atoms with van der Waals surface area (Å²) >= 11 is 0. The number of halogens is 1. The smallest absolute Gasteiger partial charge is 0.414 e. The van der Waals surface area contributed by atoms with E-state index in [2.05, 4.69) is 30.4 Å². The number of nitrogens with one attached hydrogen (secondary N) is 2. The number of nitrogens with two attached hydrogens (primary N) is 1. The molecule has 16 nitrogen and oxygen atoms in total. The van der Waals surface area contributed by atoms with Gasteiger partial charge in [0.25, 0.3) is 0 Å². The molecule has 0 bridgehead atoms. The lowest BCUT2D eigenvalue weighted by atomic mass is 9.74. The van der Waals surface area contributed by atoms with Crippen molar-refractivity contribution in [3.05, 3.63) is 34.9 Å². The number of alkyl halides is 1. The largest absolute Gasteiger partial charge is 0.453 e. The summed E-state index contributed by atoms with van der Waals surface area (Å²) in [6.07, 6.45) is -1.67. The molecule has 3 amide bonds. The summed E-state index contributed by atoms with van der Waals surface area (Å²) in [6.45, 7) is -2.85. The van der Waals surface area contributed by atoms with Crippen molar-refractivity contribution in [3.8, 4) is 0 Å². The maximum absolute atomic E-state index is 14.2. The number of anilines is 3. The summed E-state index contributed by atoms with van der Waals surface area (Å²) in [6, 6.07) is 2.47. The summed E-state index contributed by atoms with van der Waals surface area (Å²) in [5.74, 6) is -0.427. The van der Waals surface area contributed by atoms with Crippen molar-refractivity contribution in [1.82, 2.24) is 34.2 Å². The van der Waals surface area contributed by atoms with Crippen molar-refractivity contribution in [2.45, 2.75) is 55.9 Å². The van der Waals surface area contributed by atoms with E-state index in [1.807, 2.05) is 0 Å². The average molecular weight is 629 g/mol. The second-order valence-electron chi connectivity index (χ2n) is 11.0. The number of nitrogens with zero attached hydrogens (tertiary/aromatic N) is 7. The monoisotopic (exact) mass is 628 g/mol. The fourth-order valence-corrected chi connectivity index (χ4v) is 6.00. The third kappa shape index (κ3) is 4.87. The lowest BCUT2D eigenvalue weighted by Gasteiger charge is -2.41. The molecule has 0 saturated heterocycles. The van der Waals surface area contributed by atoms with Gasteiger partial charge in [0.1, 0.15) is 23.3 Å². The lowest BCUT2D eigenvalue weighted by molar-refractivity contribution is -0.135. The molecule has 17 heteroatoms. The highest BCUT2D eigenvalue weighted by atomic mass is 19.1. The van der Waals surface area contributed by atoms with Crippen molar-refractivity contribution in [2.24, 2.45) is 12.7 Å². The van der Waals surface area contributed by atoms with Gasteiger partial charge in [-0.25, -0.2) is 33.4 Å². The zero-order valence-electron chi connectivity index (χ0n) is 28.5. The van der Waals surface area contributed by atoms with Gasteiger partial charge >= 0.3 is 17.9 Å². The minimum absolute atomic E-state index is 0.000872. The number of pyridine rings is 2. The average Bonchev–Trinajstić information content (AvgIpc) is 3.68. The number of alkyl carbamates (subject to hydrolysis) is 1. The fraction of sp³-hybridized carbons (Fsp3) is 0.464. The Morgan fingerprint density at radius 3 is 2.64 bits per heavy atom. The number of amides is 3. The first kappa shape index (κ1) is 25.1. The quantitative estimate of drug-likeness (QED) is 0.273. The Bertz CT molecular complexity index is 2060. The van der Waals surface area contributed by atoms with Crippen LogP contribution in [0.5, 0.6) is 0 Å². The molecule has 0 aromatic carbocycles. The standard InChI is InChI=1S/C28H33FN10O6/c1-36-19-13-31-21(10-18(19)38(26(36)42)16-6-5-15(9-16)32-25(41)44-3)33-20-8-7-17-22(34-20)39(28(24(30)40)11-14(29)12-28)35-23(17)37(2)27(43)45-4/h7-8,10,13-16H,5-6,9,11-12H2,1-4H3,(H2,30,40)(H,32,41)(H,31,33,34)/i1D3,15D. The summed E-state index contributed by atoms with van der Waals surface area (Å²) in [4.78, 5) is 60.5. The molecule has 2 saturated carbocycles. The molecule has 4 aromatic heterocycles. The number of hydrogen-bond acceptors (Lipinski definition) is 10. The highest BCUT2D eigenvalue weighted by molar-refractivity contribution is 5.99. The number of methoxy groups -OCH3 is 2. The first-order chi connectivity index (χ1) is 23.0. The van der Waals surface area contributed by atoms with Gasteiger partial charge in [-0.1, -0.05) is 0 Å². The summed E-state index contributed by atoms with van der Waals surface area (Å²) < 4.78 is 59.5. The predicted octanol–water partition coefficient (Wildman–Crippen LogP) is 2.19. The Kier molecular flexibility index (Phi) is 6.17. The van der Waals surface area contributed by atoms with Crippen molar-refractivity contribution in [1.29, 1.82) is 0 Å². The number of ether oxygens (including phenoxy) is 2. The zero-order chi connectivity index (χ0) is 35.6. The molecule has 4 aromatic rings. The van der Waals surface area contributed by atoms with E-state index in [4.69, 9.17) is 16.0 Å². The third-order valence-corrected chi connectivity index (χ3v) is 8.37. The van der Waals surface area contributed by atoms with Crippen LogP contribution in [0.3, 0.4) is 0 Å². The molecule has 0 radical (unpaired) electrons. The third-order valence-electron chi connectivity index (χ3n) is 8.37. The SMILES string of the molecule is [2H]C1(NC(=O)OC)CCC(n2c(=O)n(C([2H])([2H])[2H])c3cnc(Nc4ccc5c(N(C)C(=O)OC)nn(C6(C(N)=O)CC(F)C6)c5n4)cc32)C1. The molecule has 238 valence electrons. The van der Waals surface area contributed by atoms with E-state index in [0.717, 1.165) is 4.90 Å². The maximum atomic E-state index is 14.2. The molecule has 2 aliphatic rings. The van der Waals surface area contributed by atoms with Crippen LogP contribution in [0.1, 0.15) is 43.6 Å². The second-order valence-corrected chi connectivity index (χ2v) is 11.0. The van der Waals surface area contributed by atoms with Gasteiger partial charge in [-0.05, 0) is 31.4 Å². The molecule has 4 N–H and O–H groups in total. The fourth-order valence-electron chi connectivity index (χ4n) is 6.00. The van der Waals surface area contributed by atoms with Gasteiger partial charge in [0.05, 0.1) is 38.2 Å². The first-order valence-electron chi connectivity index (χ1n) is 15.9. The van der Waals surface area contributed by atoms with E-state index in [9.17, 15) is 23.6 Å². The van der Waals surface area contributed by atoms with E-state index < -0.39 is 54.5 Å². The van der Waals surface area contributed by atoms with Gasteiger partial charge in [-0.3, -0.25) is 18.8 Å². The number of aryl methyl sites for hydroxylation is 1. The molecule has 0 aliphatic heterocycles. The topological polar surface area (TPSA) is 194 Å². The number of carbonyl (C=O) groups excluding carboxylic acids is 3. The molecular weight excluding hydrogens is 591 g/mol. The van der Waals surface area contributed by atoms with Crippen molar-refractivity contribution < 1.29 is 33.7 Å². The molecule has 4 heterocycles. The Morgan fingerprint density at radius 2 is 1.98 bits per heavy atom. The minimum atomic E-state index is -2.85. The summed E-state index contributed by atoms with van der Waals surface area (Å²) in [7, 11) is 3.77. The van der Waals surface area contributed by atoms with E-state index in [1.54, 1.807) is 6.07 Å². The highest BCUT2D eigenvalue weighted by Gasteiger charge is 2.53. The van der Waals surface area contributed by atoms with Gasteiger partial charge in [0.15, 0.2) is 11.5 Å². The van der Waals surface area contributed by atoms with Crippen molar-refractivity contribution in [3.63, 3.8) is 0 Å². The van der Waals surface area contributed by atoms with Crippen molar-refractivity contribution >= 4 is 57.6 Å². The lowest BCUT2D eigenvalue weighted by Crippen LogP contribution is -2.57. The van der Waals surface area contributed by atoms with Crippen LogP contribution in [-0.2, 0) is 26.8 Å². The molecular formula is C28H33FN10O6. The van der Waals surface area contributed by atoms with Crippen LogP contribution in [0, 0.1) is 0 Å². The van der Waals surface area contributed by atoms with E-state index in [0.29, 0.717) is 9.95 Å². The Labute approximate surface area is 260 Å². The molecule has 2 unspecified atom stereocenters. The number of hydrogen-bond donors (Lipinski definition) is 3. The molecule has 6 rings (SSSR count). The van der Waals surface area contributed by atoms with Crippen LogP contribution in [0.25, 0.3) is 22.1 Å². The molecule has 2 fully saturated rings. The molecule has 2 aliphatic carbocycles. The Balaban J connectivity index is 1.43. The number of rotatable bonds is 7. The second kappa shape index (κ2) is 11.0. The van der Waals surface area contributed by atoms with Crippen LogP contribution in [0.15, 0.2) is 29.2 Å². The van der Waals surface area contributed by atoms with Crippen LogP contribution >= 0.6 is 0 Å². The van der Waals surface area contributed by atoms with E-state index in [1.165, 1.54) is 48.8 Å². The normalized spacial score (nSPS) is 25.9. The highest BCUT2D eigenvalue weighted by Crippen LogP contribution is 2.44. The molecule has 0 spiro atoms. The van der Waals surface area contributed by atoms with Gasteiger partial charge in [-0.15, -0.1) is 0 Å². The van der Waals surface area contributed by atoms with Crippen LogP contribution in [0.2, 0.25) is 0 Å². The summed E-state index contributed by atoms with van der Waals surface area (Å²) in [5, 5.41) is 10.3. The van der Waals surface area contributed by atoms with Gasteiger partial charge in [0, 0.05) is 49.1 Å². The number of fused-ring (bicyclic) bond motifs is 2. The maximum Gasteiger partial charge on any atom is 0.414 e. The minimum Gasteiger partial charge on any atom is -0.453 e. The van der Waals surface area contributed by atoms with E-state index in [-0.39, 0.29) is 66.2 Å². The number of carbonyl (C=O) groups is 3. The predicted molar refractivity (Wildman–Crippen MR) is 160 cm³/mol.